The lowest BCUT2D eigenvalue weighted by Gasteiger charge is -2.12. The molecule has 0 heterocycles. The van der Waals surface area contributed by atoms with Crippen molar-refractivity contribution >= 4 is 11.7 Å². The van der Waals surface area contributed by atoms with Gasteiger partial charge in [-0.2, -0.15) is 0 Å². The van der Waals surface area contributed by atoms with E-state index in [1.807, 2.05) is 0 Å². The molecule has 122 valence electrons. The van der Waals surface area contributed by atoms with Gasteiger partial charge in [-0.3, -0.25) is 0 Å². The predicted octanol–water partition coefficient (Wildman–Crippen LogP) is 2.04. The van der Waals surface area contributed by atoms with Crippen LogP contribution in [-0.2, 0) is 4.74 Å². The lowest BCUT2D eigenvalue weighted by molar-refractivity contribution is 0.0595. The van der Waals surface area contributed by atoms with Crippen LogP contribution in [-0.4, -0.2) is 42.5 Å². The molecular weight excluding hydrogens is 301 g/mol. The number of aliphatic hydroxyl groups excluding tert-OH is 2. The van der Waals surface area contributed by atoms with Crippen molar-refractivity contribution in [1.29, 1.82) is 0 Å². The van der Waals surface area contributed by atoms with E-state index < -0.39 is 17.9 Å². The first kappa shape index (κ1) is 16.9. The van der Waals surface area contributed by atoms with E-state index in [9.17, 15) is 14.3 Å². The normalized spacial score (nSPS) is 11.8. The number of benzene rings is 2. The molecule has 0 saturated carbocycles. The first-order chi connectivity index (χ1) is 11.0. The van der Waals surface area contributed by atoms with Crippen molar-refractivity contribution in [2.45, 2.75) is 6.10 Å². The van der Waals surface area contributed by atoms with Gasteiger partial charge in [-0.25, -0.2) is 9.18 Å². The number of hydrogen-bond acceptors (Lipinski definition) is 5. The zero-order valence-corrected chi connectivity index (χ0v) is 12.6. The highest BCUT2D eigenvalue weighted by Crippen LogP contribution is 2.25. The first-order valence-electron chi connectivity index (χ1n) is 7.06. The maximum atomic E-state index is 14.0. The monoisotopic (exact) mass is 319 g/mol. The van der Waals surface area contributed by atoms with Gasteiger partial charge in [0.2, 0.25) is 0 Å². The lowest BCUT2D eigenvalue weighted by Crippen LogP contribution is -2.22. The van der Waals surface area contributed by atoms with Crippen molar-refractivity contribution in [2.24, 2.45) is 0 Å². The molecule has 0 spiro atoms. The van der Waals surface area contributed by atoms with E-state index in [2.05, 4.69) is 10.1 Å². The number of nitrogens with one attached hydrogen (secondary N) is 1. The van der Waals surface area contributed by atoms with Crippen molar-refractivity contribution < 1.29 is 24.1 Å². The minimum atomic E-state index is -0.851. The summed E-state index contributed by atoms with van der Waals surface area (Å²) in [5.41, 5.74) is 1.98. The number of hydrogen-bond donors (Lipinski definition) is 3. The summed E-state index contributed by atoms with van der Waals surface area (Å²) in [6, 6.07) is 11.5. The number of methoxy groups -OCH3 is 1. The number of esters is 1. The van der Waals surface area contributed by atoms with E-state index in [1.165, 1.54) is 19.2 Å². The first-order valence-corrected chi connectivity index (χ1v) is 7.06. The summed E-state index contributed by atoms with van der Waals surface area (Å²) in [5, 5.41) is 21.1. The van der Waals surface area contributed by atoms with E-state index in [1.54, 1.807) is 30.3 Å². The van der Waals surface area contributed by atoms with E-state index in [4.69, 9.17) is 5.11 Å². The topological polar surface area (TPSA) is 78.8 Å². The summed E-state index contributed by atoms with van der Waals surface area (Å²) in [6.45, 7) is -0.123. The Hall–Kier alpha value is -2.44. The summed E-state index contributed by atoms with van der Waals surface area (Å²) >= 11 is 0. The van der Waals surface area contributed by atoms with Gasteiger partial charge < -0.3 is 20.3 Å². The Kier molecular flexibility index (Phi) is 5.67. The van der Waals surface area contributed by atoms with Gasteiger partial charge in [0.1, 0.15) is 5.82 Å². The molecule has 2 rings (SSSR count). The van der Waals surface area contributed by atoms with Crippen molar-refractivity contribution in [1.82, 2.24) is 0 Å². The van der Waals surface area contributed by atoms with E-state index in [0.717, 1.165) is 11.3 Å². The maximum absolute atomic E-state index is 14.0. The third kappa shape index (κ3) is 4.28. The van der Waals surface area contributed by atoms with Gasteiger partial charge >= 0.3 is 5.97 Å². The maximum Gasteiger partial charge on any atom is 0.340 e. The Morgan fingerprint density at radius 1 is 1.26 bits per heavy atom. The number of carbonyl (C=O) groups excluding carboxylic acids is 1. The summed E-state index contributed by atoms with van der Waals surface area (Å²) in [4.78, 5) is 11.4. The molecule has 1 unspecified atom stereocenters. The highest BCUT2D eigenvalue weighted by atomic mass is 19.1. The van der Waals surface area contributed by atoms with Gasteiger partial charge in [0, 0.05) is 12.2 Å². The molecule has 0 saturated heterocycles. The number of carbonyl (C=O) groups is 1. The van der Waals surface area contributed by atoms with Crippen molar-refractivity contribution in [3.05, 3.63) is 53.8 Å². The van der Waals surface area contributed by atoms with Gasteiger partial charge in [-0.15, -0.1) is 0 Å². The van der Waals surface area contributed by atoms with Gasteiger partial charge in [-0.1, -0.05) is 18.2 Å². The minimum Gasteiger partial charge on any atom is -0.465 e. The number of anilines is 1. The third-order valence-corrected chi connectivity index (χ3v) is 3.32. The molecule has 0 aliphatic heterocycles. The smallest absolute Gasteiger partial charge is 0.340 e. The fraction of sp³-hybridized carbons (Fsp3) is 0.235. The van der Waals surface area contributed by atoms with Crippen LogP contribution in [0.1, 0.15) is 10.4 Å². The summed E-state index contributed by atoms with van der Waals surface area (Å²) in [6.07, 6.45) is -0.851. The molecule has 0 amide bonds. The second-order valence-electron chi connectivity index (χ2n) is 4.98. The molecule has 0 aromatic heterocycles. The lowest BCUT2D eigenvalue weighted by atomic mass is 10.0. The van der Waals surface area contributed by atoms with Crippen LogP contribution in [0.25, 0.3) is 11.1 Å². The molecule has 0 aliphatic rings. The highest BCUT2D eigenvalue weighted by molar-refractivity contribution is 5.90. The van der Waals surface area contributed by atoms with Crippen LogP contribution in [0.15, 0.2) is 42.5 Å². The van der Waals surface area contributed by atoms with Crippen molar-refractivity contribution in [2.75, 3.05) is 25.6 Å². The van der Waals surface area contributed by atoms with Crippen LogP contribution < -0.4 is 5.32 Å². The van der Waals surface area contributed by atoms with Crippen LogP contribution in [0.3, 0.4) is 0 Å². The number of ether oxygens (including phenoxy) is 1. The van der Waals surface area contributed by atoms with Crippen LogP contribution in [0, 0.1) is 5.82 Å². The Morgan fingerprint density at radius 2 is 2.00 bits per heavy atom. The van der Waals surface area contributed by atoms with Crippen LogP contribution >= 0.6 is 0 Å². The molecule has 1 atom stereocenters. The molecule has 0 fully saturated rings. The van der Waals surface area contributed by atoms with Gasteiger partial charge in [0.25, 0.3) is 0 Å². The van der Waals surface area contributed by atoms with E-state index >= 15 is 0 Å². The standard InChI is InChI=1S/C17H18FNO4/c1-23-17(22)15-6-5-12(8-16(15)18)11-3-2-4-13(7-11)19-9-14(21)10-20/h2-8,14,19-21H,9-10H2,1H3. The number of halogens is 1. The molecule has 3 N–H and O–H groups in total. The Labute approximate surface area is 133 Å². The predicted molar refractivity (Wildman–Crippen MR) is 84.8 cm³/mol. The molecule has 23 heavy (non-hydrogen) atoms. The quantitative estimate of drug-likeness (QED) is 0.710. The molecule has 0 radical (unpaired) electrons. The second-order valence-corrected chi connectivity index (χ2v) is 4.98. The summed E-state index contributed by atoms with van der Waals surface area (Å²) < 4.78 is 18.5. The number of rotatable bonds is 6. The highest BCUT2D eigenvalue weighted by Gasteiger charge is 2.13. The molecule has 5 nitrogen and oxygen atoms in total. The van der Waals surface area contributed by atoms with Crippen molar-refractivity contribution in [3.8, 4) is 11.1 Å². The van der Waals surface area contributed by atoms with Gasteiger partial charge in [0.15, 0.2) is 0 Å². The molecule has 2 aromatic carbocycles. The zero-order valence-electron chi connectivity index (χ0n) is 12.6. The Balaban J connectivity index is 2.22. The van der Waals surface area contributed by atoms with Gasteiger partial charge in [0.05, 0.1) is 25.4 Å². The van der Waals surface area contributed by atoms with E-state index in [-0.39, 0.29) is 18.7 Å². The largest absolute Gasteiger partial charge is 0.465 e. The molecule has 6 heteroatoms. The summed E-state index contributed by atoms with van der Waals surface area (Å²) in [5.74, 6) is -1.37. The van der Waals surface area contributed by atoms with Gasteiger partial charge in [-0.05, 0) is 35.4 Å². The van der Waals surface area contributed by atoms with Crippen LogP contribution in [0.5, 0.6) is 0 Å². The fourth-order valence-corrected chi connectivity index (χ4v) is 2.08. The van der Waals surface area contributed by atoms with Crippen LogP contribution in [0.2, 0.25) is 0 Å². The SMILES string of the molecule is COC(=O)c1ccc(-c2cccc(NCC(O)CO)c2)cc1F. The number of aliphatic hydroxyl groups is 2. The average molecular weight is 319 g/mol. The third-order valence-electron chi connectivity index (χ3n) is 3.32. The van der Waals surface area contributed by atoms with Crippen molar-refractivity contribution in [3.63, 3.8) is 0 Å². The second kappa shape index (κ2) is 7.71. The Morgan fingerprint density at radius 3 is 2.65 bits per heavy atom. The molecule has 0 aliphatic carbocycles. The Bertz CT molecular complexity index is 690. The zero-order chi connectivity index (χ0) is 16.8. The molecule has 2 aromatic rings. The van der Waals surface area contributed by atoms with E-state index in [0.29, 0.717) is 5.56 Å². The molecular formula is C17H18FNO4. The average Bonchev–Trinajstić information content (AvgIpc) is 2.59. The fourth-order valence-electron chi connectivity index (χ4n) is 2.08. The summed E-state index contributed by atoms with van der Waals surface area (Å²) in [7, 11) is 1.20. The minimum absolute atomic E-state index is 0.114. The molecule has 0 bridgehead atoms. The van der Waals surface area contributed by atoms with Crippen LogP contribution in [0.4, 0.5) is 10.1 Å².